The van der Waals surface area contributed by atoms with Crippen LogP contribution >= 0.6 is 11.6 Å². The van der Waals surface area contributed by atoms with Gasteiger partial charge in [-0.15, -0.1) is 0 Å². The minimum Gasteiger partial charge on any atom is -0.472 e. The number of hydrogen-bond acceptors (Lipinski definition) is 5. The van der Waals surface area contributed by atoms with Crippen LogP contribution in [0.2, 0.25) is 5.02 Å². The number of carbonyl (C=O) groups excluding carboxylic acids is 1. The maximum atomic E-state index is 14.0. The van der Waals surface area contributed by atoms with Crippen molar-refractivity contribution in [1.29, 1.82) is 0 Å². The van der Waals surface area contributed by atoms with E-state index in [0.29, 0.717) is 5.56 Å². The average Bonchev–Trinajstić information content (AvgIpc) is 3.21. The number of rotatable bonds is 4. The van der Waals surface area contributed by atoms with Crippen molar-refractivity contribution in [3.8, 4) is 11.4 Å². The number of aromatic nitrogens is 2. The second kappa shape index (κ2) is 6.21. The first-order valence-corrected chi connectivity index (χ1v) is 7.05. The lowest BCUT2D eigenvalue weighted by Gasteiger charge is -2.07. The van der Waals surface area contributed by atoms with Gasteiger partial charge in [-0.3, -0.25) is 4.79 Å². The lowest BCUT2D eigenvalue weighted by atomic mass is 10.2. The molecular formula is C15H11ClFN3O3. The van der Waals surface area contributed by atoms with Gasteiger partial charge in [-0.25, -0.2) is 4.39 Å². The first kappa shape index (κ1) is 15.2. The second-order valence-electron chi connectivity index (χ2n) is 4.76. The maximum Gasteiger partial charge on any atom is 0.255 e. The van der Waals surface area contributed by atoms with Crippen LogP contribution in [0.5, 0.6) is 0 Å². The highest BCUT2D eigenvalue weighted by molar-refractivity contribution is 6.31. The van der Waals surface area contributed by atoms with E-state index >= 15 is 0 Å². The van der Waals surface area contributed by atoms with E-state index < -0.39 is 11.9 Å². The predicted octanol–water partition coefficient (Wildman–Crippen LogP) is 3.61. The molecule has 2 heterocycles. The van der Waals surface area contributed by atoms with Crippen LogP contribution in [0, 0.1) is 5.82 Å². The zero-order valence-corrected chi connectivity index (χ0v) is 12.7. The molecule has 0 radical (unpaired) electrons. The monoisotopic (exact) mass is 335 g/mol. The first-order chi connectivity index (χ1) is 11.1. The largest absolute Gasteiger partial charge is 0.472 e. The molecule has 0 saturated carbocycles. The number of nitrogens with one attached hydrogen (secondary N) is 1. The molecule has 8 heteroatoms. The Kier molecular flexibility index (Phi) is 4.12. The third kappa shape index (κ3) is 3.09. The molecule has 1 aromatic carbocycles. The fraction of sp³-hybridized carbons (Fsp3) is 0.133. The summed E-state index contributed by atoms with van der Waals surface area (Å²) in [5, 5.41) is 6.37. The van der Waals surface area contributed by atoms with E-state index in [0.717, 1.165) is 0 Å². The molecule has 3 aromatic rings. The lowest BCUT2D eigenvalue weighted by Crippen LogP contribution is -2.26. The van der Waals surface area contributed by atoms with Crippen LogP contribution in [0.4, 0.5) is 4.39 Å². The topological polar surface area (TPSA) is 81.2 Å². The van der Waals surface area contributed by atoms with Gasteiger partial charge in [0.25, 0.3) is 5.91 Å². The van der Waals surface area contributed by atoms with Gasteiger partial charge < -0.3 is 14.3 Å². The normalized spacial score (nSPS) is 12.1. The fourth-order valence-corrected chi connectivity index (χ4v) is 2.11. The molecule has 0 fully saturated rings. The third-order valence-electron chi connectivity index (χ3n) is 3.14. The third-order valence-corrected chi connectivity index (χ3v) is 3.43. The smallest absolute Gasteiger partial charge is 0.255 e. The Morgan fingerprint density at radius 3 is 2.96 bits per heavy atom. The van der Waals surface area contributed by atoms with Crippen molar-refractivity contribution in [1.82, 2.24) is 15.5 Å². The molecule has 1 amide bonds. The van der Waals surface area contributed by atoms with Gasteiger partial charge in [0.2, 0.25) is 11.7 Å². The van der Waals surface area contributed by atoms with Gasteiger partial charge in [-0.2, -0.15) is 4.98 Å². The summed E-state index contributed by atoms with van der Waals surface area (Å²) in [5.74, 6) is -0.767. The SMILES string of the molecule is C[C@H](NC(=O)c1ccoc1)c1nc(-c2cccc(Cl)c2F)no1. The number of carbonyl (C=O) groups is 1. The molecule has 0 spiro atoms. The first-order valence-electron chi connectivity index (χ1n) is 6.67. The van der Waals surface area contributed by atoms with E-state index in [1.807, 2.05) is 0 Å². The summed E-state index contributed by atoms with van der Waals surface area (Å²) in [7, 11) is 0. The van der Waals surface area contributed by atoms with Gasteiger partial charge in [0.15, 0.2) is 5.82 Å². The molecule has 6 nitrogen and oxygen atoms in total. The molecular weight excluding hydrogens is 325 g/mol. The van der Waals surface area contributed by atoms with Gasteiger partial charge in [-0.05, 0) is 25.1 Å². The summed E-state index contributed by atoms with van der Waals surface area (Å²) >= 11 is 5.73. The number of furan rings is 1. The minimum atomic E-state index is -0.628. The molecule has 0 aliphatic rings. The molecule has 0 aliphatic carbocycles. The average molecular weight is 336 g/mol. The Balaban J connectivity index is 1.79. The summed E-state index contributed by atoms with van der Waals surface area (Å²) in [6, 6.07) is 5.48. The highest BCUT2D eigenvalue weighted by Gasteiger charge is 2.20. The van der Waals surface area contributed by atoms with Crippen molar-refractivity contribution in [2.75, 3.05) is 0 Å². The van der Waals surface area contributed by atoms with Crippen LogP contribution in [0.15, 0.2) is 45.7 Å². The Morgan fingerprint density at radius 1 is 1.39 bits per heavy atom. The minimum absolute atomic E-state index is 0.0323. The number of halogens is 2. The summed E-state index contributed by atoms with van der Waals surface area (Å²) < 4.78 is 23.9. The molecule has 1 N–H and O–H groups in total. The van der Waals surface area contributed by atoms with E-state index in [1.54, 1.807) is 13.0 Å². The van der Waals surface area contributed by atoms with Gasteiger partial charge >= 0.3 is 0 Å². The summed E-state index contributed by atoms with van der Waals surface area (Å²) in [4.78, 5) is 16.0. The molecule has 2 aromatic heterocycles. The molecule has 0 saturated heterocycles. The Labute approximate surface area is 135 Å². The lowest BCUT2D eigenvalue weighted by molar-refractivity contribution is 0.0932. The molecule has 0 unspecified atom stereocenters. The van der Waals surface area contributed by atoms with E-state index in [-0.39, 0.29) is 28.2 Å². The summed E-state index contributed by atoms with van der Waals surface area (Å²) in [5.41, 5.74) is 0.498. The van der Waals surface area contributed by atoms with Crippen LogP contribution in [0.25, 0.3) is 11.4 Å². The van der Waals surface area contributed by atoms with Crippen molar-refractivity contribution in [3.63, 3.8) is 0 Å². The van der Waals surface area contributed by atoms with E-state index in [9.17, 15) is 9.18 Å². The van der Waals surface area contributed by atoms with Crippen LogP contribution in [0.1, 0.15) is 29.2 Å². The van der Waals surface area contributed by atoms with Gasteiger partial charge in [-0.1, -0.05) is 22.8 Å². The van der Waals surface area contributed by atoms with Crippen LogP contribution in [-0.4, -0.2) is 16.0 Å². The van der Waals surface area contributed by atoms with Crippen LogP contribution in [-0.2, 0) is 0 Å². The zero-order chi connectivity index (χ0) is 16.4. The van der Waals surface area contributed by atoms with Gasteiger partial charge in [0.1, 0.15) is 12.3 Å². The Bertz CT molecular complexity index is 832. The second-order valence-corrected chi connectivity index (χ2v) is 5.17. The van der Waals surface area contributed by atoms with Crippen LogP contribution < -0.4 is 5.32 Å². The van der Waals surface area contributed by atoms with Crippen molar-refractivity contribution in [3.05, 3.63) is 59.1 Å². The molecule has 23 heavy (non-hydrogen) atoms. The molecule has 3 rings (SSSR count). The summed E-state index contributed by atoms with van der Waals surface area (Å²) in [6.45, 7) is 1.67. The molecule has 0 bridgehead atoms. The van der Waals surface area contributed by atoms with Crippen molar-refractivity contribution >= 4 is 17.5 Å². The maximum absolute atomic E-state index is 14.0. The van der Waals surface area contributed by atoms with Gasteiger partial charge in [0, 0.05) is 0 Å². The number of nitrogens with zero attached hydrogens (tertiary/aromatic N) is 2. The standard InChI is InChI=1S/C15H11ClFN3O3/c1-8(18-14(21)9-5-6-22-7-9)15-19-13(20-23-15)10-3-2-4-11(16)12(10)17/h2-8H,1H3,(H,18,21)/t8-/m0/s1. The fourth-order valence-electron chi connectivity index (χ4n) is 1.93. The highest BCUT2D eigenvalue weighted by atomic mass is 35.5. The zero-order valence-electron chi connectivity index (χ0n) is 11.9. The predicted molar refractivity (Wildman–Crippen MR) is 79.3 cm³/mol. The molecule has 0 aliphatic heterocycles. The highest BCUT2D eigenvalue weighted by Crippen LogP contribution is 2.26. The van der Waals surface area contributed by atoms with Crippen molar-refractivity contribution in [2.45, 2.75) is 13.0 Å². The summed E-state index contributed by atoms with van der Waals surface area (Å²) in [6.07, 6.45) is 2.72. The van der Waals surface area contributed by atoms with Crippen molar-refractivity contribution in [2.24, 2.45) is 0 Å². The quantitative estimate of drug-likeness (QED) is 0.787. The number of hydrogen-bond donors (Lipinski definition) is 1. The van der Waals surface area contributed by atoms with E-state index in [2.05, 4.69) is 15.5 Å². The Hall–Kier alpha value is -2.67. The number of benzene rings is 1. The Morgan fingerprint density at radius 2 is 2.22 bits per heavy atom. The van der Waals surface area contributed by atoms with Gasteiger partial charge in [0.05, 0.1) is 22.4 Å². The van der Waals surface area contributed by atoms with E-state index in [4.69, 9.17) is 20.5 Å². The number of amides is 1. The van der Waals surface area contributed by atoms with Crippen LogP contribution in [0.3, 0.4) is 0 Å². The molecule has 1 atom stereocenters. The van der Waals surface area contributed by atoms with E-state index in [1.165, 1.54) is 30.7 Å². The van der Waals surface area contributed by atoms with Crippen molar-refractivity contribution < 1.29 is 18.1 Å². The molecule has 118 valence electrons.